The second kappa shape index (κ2) is 12.7. The molecule has 6 aromatic carbocycles. The molecule has 0 unspecified atom stereocenters. The molecule has 0 aliphatic carbocycles. The SMILES string of the molecule is [CH2]=[Ni]([Br])([Br])([C]1=N[C@H](c2ccccc2)C(c2ccccc2)(c2ccccc2)O1)[C]1=N[C@H](c2ccccc2)C(c2ccccc2)(c2ccccc2)O1. The van der Waals surface area contributed by atoms with Crippen LogP contribution >= 0.6 is 28.5 Å². The Bertz CT molecular complexity index is 2010. The average Bonchev–Trinajstić information content (AvgIpc) is 3.81. The van der Waals surface area contributed by atoms with Gasteiger partial charge in [0.1, 0.15) is 0 Å². The standard InChI is InChI=1S/2C21H16NO.CH2.2BrH.Ni/c2*1-4-10-17(11-5-1)20-21(23-16-22-20,18-12-6-2-7-13-18)19-14-8-3-9-15-19;;;;/h2*1-15,20H;1H2;2*1H;/q;;;;;+2/p-2/t2*20-;;;;/m11..../s1. The van der Waals surface area contributed by atoms with Crippen molar-refractivity contribution in [2.45, 2.75) is 23.3 Å². The van der Waals surface area contributed by atoms with Crippen LogP contribution in [0.15, 0.2) is 192 Å². The fourth-order valence-electron chi connectivity index (χ4n) is 6.96. The van der Waals surface area contributed by atoms with Gasteiger partial charge in [0.2, 0.25) is 0 Å². The molecule has 0 radical (unpaired) electrons. The quantitative estimate of drug-likeness (QED) is 0.143. The van der Waals surface area contributed by atoms with Crippen molar-refractivity contribution in [3.05, 3.63) is 215 Å². The molecule has 2 heterocycles. The van der Waals surface area contributed by atoms with Gasteiger partial charge in [0.25, 0.3) is 0 Å². The van der Waals surface area contributed by atoms with Crippen LogP contribution in [-0.2, 0) is 28.1 Å². The van der Waals surface area contributed by atoms with E-state index in [2.05, 4.69) is 101 Å². The Morgan fingerprint density at radius 3 is 0.920 bits per heavy atom. The third-order valence-corrected chi connectivity index (χ3v) is 14.9. The van der Waals surface area contributed by atoms with Gasteiger partial charge in [0, 0.05) is 0 Å². The van der Waals surface area contributed by atoms with Gasteiger partial charge in [-0.1, -0.05) is 0 Å². The van der Waals surface area contributed by atoms with Gasteiger partial charge < -0.3 is 0 Å². The van der Waals surface area contributed by atoms with Gasteiger partial charge in [-0.15, -0.1) is 0 Å². The van der Waals surface area contributed by atoms with Crippen LogP contribution in [0.25, 0.3) is 0 Å². The van der Waals surface area contributed by atoms with Crippen LogP contribution in [0.5, 0.6) is 0 Å². The third-order valence-electron chi connectivity index (χ3n) is 9.27. The first kappa shape index (κ1) is 32.8. The van der Waals surface area contributed by atoms with Gasteiger partial charge in [0.15, 0.2) is 0 Å². The number of aliphatic imine (C=N–C) groups is 2. The van der Waals surface area contributed by atoms with Crippen molar-refractivity contribution in [1.29, 1.82) is 0 Å². The maximum atomic E-state index is 7.37. The Labute approximate surface area is 307 Å². The number of halogens is 2. The summed E-state index contributed by atoms with van der Waals surface area (Å²) in [4.78, 5) is 11.8. The van der Waals surface area contributed by atoms with Gasteiger partial charge in [-0.2, -0.15) is 0 Å². The normalized spacial score (nSPS) is 20.0. The monoisotopic (exact) mass is 826 g/mol. The van der Waals surface area contributed by atoms with Crippen LogP contribution in [0.2, 0.25) is 0 Å². The van der Waals surface area contributed by atoms with E-state index < -0.39 is 30.7 Å². The summed E-state index contributed by atoms with van der Waals surface area (Å²) in [5, 5.41) is 0. The molecule has 0 spiro atoms. The van der Waals surface area contributed by atoms with E-state index in [-0.39, 0.29) is 0 Å². The summed E-state index contributed by atoms with van der Waals surface area (Å²) >= 11 is 8.29. The van der Waals surface area contributed by atoms with Crippen LogP contribution in [0.3, 0.4) is 0 Å². The van der Waals surface area contributed by atoms with Crippen molar-refractivity contribution >= 4 is 43.7 Å². The van der Waals surface area contributed by atoms with E-state index in [0.29, 0.717) is 9.74 Å². The van der Waals surface area contributed by atoms with E-state index in [1.54, 1.807) is 0 Å². The summed E-state index contributed by atoms with van der Waals surface area (Å²) in [5.74, 6) is 0. The van der Waals surface area contributed by atoms with Crippen molar-refractivity contribution in [3.63, 3.8) is 0 Å². The predicted octanol–water partition coefficient (Wildman–Crippen LogP) is 10.9. The topological polar surface area (TPSA) is 43.2 Å². The van der Waals surface area contributed by atoms with Gasteiger partial charge in [-0.05, 0) is 0 Å². The van der Waals surface area contributed by atoms with E-state index in [9.17, 15) is 0 Å². The summed E-state index contributed by atoms with van der Waals surface area (Å²) in [6, 6.07) is 60.9. The van der Waals surface area contributed by atoms with Gasteiger partial charge in [-0.25, -0.2) is 0 Å². The minimum atomic E-state index is -3.77. The molecule has 2 atom stereocenters. The van der Waals surface area contributed by atoms with Crippen molar-refractivity contribution in [1.82, 2.24) is 0 Å². The molecule has 2 aliphatic rings. The van der Waals surface area contributed by atoms with Crippen molar-refractivity contribution in [3.8, 4) is 0 Å². The second-order valence-corrected chi connectivity index (χ2v) is 27.3. The van der Waals surface area contributed by atoms with Crippen LogP contribution in [-0.4, -0.2) is 15.2 Å². The molecule has 0 amide bonds. The molecule has 0 aromatic heterocycles. The first-order valence-electron chi connectivity index (χ1n) is 16.2. The molecular formula is C43H34Br2N2NiO2. The first-order chi connectivity index (χ1) is 24.3. The number of ether oxygens (including phenoxy) is 2. The molecule has 2 aliphatic heterocycles. The van der Waals surface area contributed by atoms with E-state index in [4.69, 9.17) is 25.0 Å². The van der Waals surface area contributed by atoms with Crippen LogP contribution in [0.1, 0.15) is 45.5 Å². The zero-order chi connectivity index (χ0) is 34.3. The maximum absolute atomic E-state index is 7.37. The molecule has 0 bridgehead atoms. The van der Waals surface area contributed by atoms with E-state index in [0.717, 1.165) is 33.4 Å². The molecule has 0 fully saturated rings. The van der Waals surface area contributed by atoms with E-state index >= 15 is 0 Å². The zero-order valence-electron chi connectivity index (χ0n) is 27.0. The fourth-order valence-corrected chi connectivity index (χ4v) is 10.5. The average molecular weight is 829 g/mol. The molecule has 0 N–H and O–H groups in total. The fraction of sp³-hybridized carbons (Fsp3) is 0.0930. The van der Waals surface area contributed by atoms with Crippen molar-refractivity contribution in [2.75, 3.05) is 0 Å². The van der Waals surface area contributed by atoms with Gasteiger partial charge in [0.05, 0.1) is 0 Å². The predicted molar refractivity (Wildman–Crippen MR) is 208 cm³/mol. The summed E-state index contributed by atoms with van der Waals surface area (Å²) in [6.07, 6.45) is 0. The number of rotatable bonds is 8. The van der Waals surface area contributed by atoms with E-state index in [1.807, 2.05) is 109 Å². The number of hydrogen-bond donors (Lipinski definition) is 0. The zero-order valence-corrected chi connectivity index (χ0v) is 31.1. The Morgan fingerprint density at radius 2 is 0.660 bits per heavy atom. The summed E-state index contributed by atoms with van der Waals surface area (Å²) < 4.78 is 14.7. The first-order valence-corrected chi connectivity index (χ1v) is 22.7. The Balaban J connectivity index is 1.35. The molecule has 0 saturated carbocycles. The second-order valence-electron chi connectivity index (χ2n) is 12.2. The number of hydrogen-bond acceptors (Lipinski definition) is 4. The Morgan fingerprint density at radius 1 is 0.420 bits per heavy atom. The van der Waals surface area contributed by atoms with Crippen LogP contribution in [0, 0.1) is 0 Å². The Hall–Kier alpha value is -4.42. The molecule has 252 valence electrons. The molecule has 50 heavy (non-hydrogen) atoms. The molecular weight excluding hydrogens is 795 g/mol. The molecule has 4 nitrogen and oxygen atoms in total. The van der Waals surface area contributed by atoms with Gasteiger partial charge in [-0.3, -0.25) is 0 Å². The van der Waals surface area contributed by atoms with Crippen LogP contribution in [0.4, 0.5) is 0 Å². The molecule has 6 aromatic rings. The summed E-state index contributed by atoms with van der Waals surface area (Å²) in [7, 11) is -3.77. The van der Waals surface area contributed by atoms with Crippen molar-refractivity contribution in [2.24, 2.45) is 9.98 Å². The van der Waals surface area contributed by atoms with Crippen molar-refractivity contribution < 1.29 is 16.9 Å². The van der Waals surface area contributed by atoms with Gasteiger partial charge >= 0.3 is 309 Å². The minimum absolute atomic E-state index is 0.403. The van der Waals surface area contributed by atoms with Crippen LogP contribution < -0.4 is 0 Å². The third kappa shape index (κ3) is 5.35. The summed E-state index contributed by atoms with van der Waals surface area (Å²) in [6.45, 7) is 0. The summed E-state index contributed by atoms with van der Waals surface area (Å²) in [5.41, 5.74) is 8.78. The Kier molecular flexibility index (Phi) is 8.34. The number of nitrogens with zero attached hydrogens (tertiary/aromatic N) is 2. The van der Waals surface area contributed by atoms with E-state index in [1.165, 1.54) is 0 Å². The molecule has 0 saturated heterocycles. The molecule has 7 heteroatoms. The molecule has 8 rings (SSSR count). The number of benzene rings is 6.